The van der Waals surface area contributed by atoms with E-state index < -0.39 is 23.8 Å². The van der Waals surface area contributed by atoms with E-state index in [0.717, 1.165) is 22.3 Å². The Morgan fingerprint density at radius 3 is 2.08 bits per heavy atom. The molecule has 0 aromatic heterocycles. The van der Waals surface area contributed by atoms with Gasteiger partial charge in [0.25, 0.3) is 0 Å². The van der Waals surface area contributed by atoms with E-state index in [-0.39, 0.29) is 0 Å². The maximum absolute atomic E-state index is 12.3. The van der Waals surface area contributed by atoms with Crippen LogP contribution in [-0.4, -0.2) is 26.2 Å². The highest BCUT2D eigenvalue weighted by Crippen LogP contribution is 2.46. The molecule has 0 fully saturated rings. The van der Waals surface area contributed by atoms with Crippen molar-refractivity contribution in [1.82, 2.24) is 0 Å². The number of rotatable bonds is 4. The third-order valence-electron chi connectivity index (χ3n) is 4.33. The van der Waals surface area contributed by atoms with Gasteiger partial charge in [-0.2, -0.15) is 0 Å². The van der Waals surface area contributed by atoms with Crippen molar-refractivity contribution < 1.29 is 19.1 Å². The molecule has 0 heterocycles. The van der Waals surface area contributed by atoms with Crippen LogP contribution in [0.1, 0.15) is 22.6 Å². The minimum atomic E-state index is -1.03. The summed E-state index contributed by atoms with van der Waals surface area (Å²) in [5, 5.41) is 0. The average Bonchev–Trinajstić information content (AvgIpc) is 3.01. The molecule has 1 aliphatic rings. The van der Waals surface area contributed by atoms with E-state index in [1.54, 1.807) is 0 Å². The second-order valence-electron chi connectivity index (χ2n) is 5.60. The van der Waals surface area contributed by atoms with Crippen molar-refractivity contribution in [2.24, 2.45) is 5.92 Å². The maximum atomic E-state index is 12.3. The van der Waals surface area contributed by atoms with Gasteiger partial charge in [0.2, 0.25) is 0 Å². The standard InChI is InChI=1S/C20H18O4/c1-23-19(21)18(20(22)24-2)17-15-11-7-6-10-14(15)12-16(17)13-8-4-3-5-9-13/h3-12,17-18H,1-2H3. The third-order valence-corrected chi connectivity index (χ3v) is 4.33. The van der Waals surface area contributed by atoms with Crippen molar-refractivity contribution in [2.75, 3.05) is 14.2 Å². The summed E-state index contributed by atoms with van der Waals surface area (Å²) in [6.07, 6.45) is 2.02. The normalized spacial score (nSPS) is 15.6. The molecule has 0 radical (unpaired) electrons. The average molecular weight is 322 g/mol. The number of fused-ring (bicyclic) bond motifs is 1. The number of methoxy groups -OCH3 is 2. The van der Waals surface area contributed by atoms with E-state index in [9.17, 15) is 9.59 Å². The van der Waals surface area contributed by atoms with Gasteiger partial charge in [-0.1, -0.05) is 60.7 Å². The fourth-order valence-corrected chi connectivity index (χ4v) is 3.23. The third kappa shape index (κ3) is 2.71. The first-order valence-corrected chi connectivity index (χ1v) is 7.69. The zero-order valence-electron chi connectivity index (χ0n) is 13.6. The predicted molar refractivity (Wildman–Crippen MR) is 91.0 cm³/mol. The lowest BCUT2D eigenvalue weighted by atomic mass is 9.81. The van der Waals surface area contributed by atoms with E-state index in [1.165, 1.54) is 14.2 Å². The number of esters is 2. The van der Waals surface area contributed by atoms with Gasteiger partial charge in [-0.15, -0.1) is 0 Å². The predicted octanol–water partition coefficient (Wildman–Crippen LogP) is 3.29. The van der Waals surface area contributed by atoms with Gasteiger partial charge >= 0.3 is 11.9 Å². The molecule has 122 valence electrons. The zero-order valence-corrected chi connectivity index (χ0v) is 13.6. The summed E-state index contributed by atoms with van der Waals surface area (Å²) in [7, 11) is 2.57. The van der Waals surface area contributed by atoms with Gasteiger partial charge in [0.1, 0.15) is 0 Å². The molecule has 0 amide bonds. The maximum Gasteiger partial charge on any atom is 0.321 e. The number of carbonyl (C=O) groups is 2. The van der Waals surface area contributed by atoms with Crippen LogP contribution in [0.2, 0.25) is 0 Å². The molecule has 0 saturated heterocycles. The second-order valence-corrected chi connectivity index (χ2v) is 5.60. The first-order chi connectivity index (χ1) is 11.7. The number of hydrogen-bond donors (Lipinski definition) is 0. The lowest BCUT2D eigenvalue weighted by molar-refractivity contribution is -0.159. The highest BCUT2D eigenvalue weighted by Gasteiger charge is 2.43. The molecule has 0 N–H and O–H groups in total. The summed E-state index contributed by atoms with van der Waals surface area (Å²) in [4.78, 5) is 24.7. The van der Waals surface area contributed by atoms with Crippen molar-refractivity contribution in [3.8, 4) is 0 Å². The highest BCUT2D eigenvalue weighted by atomic mass is 16.5. The zero-order chi connectivity index (χ0) is 17.1. The van der Waals surface area contributed by atoms with Crippen molar-refractivity contribution >= 4 is 23.6 Å². The molecule has 0 saturated carbocycles. The fourth-order valence-electron chi connectivity index (χ4n) is 3.23. The highest BCUT2D eigenvalue weighted by molar-refractivity contribution is 6.03. The van der Waals surface area contributed by atoms with Crippen LogP contribution < -0.4 is 0 Å². The molecule has 0 bridgehead atoms. The van der Waals surface area contributed by atoms with E-state index in [2.05, 4.69) is 0 Å². The van der Waals surface area contributed by atoms with Crippen molar-refractivity contribution in [2.45, 2.75) is 5.92 Å². The van der Waals surface area contributed by atoms with E-state index >= 15 is 0 Å². The van der Waals surface area contributed by atoms with Crippen LogP contribution in [0.5, 0.6) is 0 Å². The fraction of sp³-hybridized carbons (Fsp3) is 0.200. The molecule has 0 spiro atoms. The van der Waals surface area contributed by atoms with Gasteiger partial charge in [0, 0.05) is 5.92 Å². The molecule has 2 aromatic rings. The first kappa shape index (κ1) is 16.0. The molecule has 0 aliphatic heterocycles. The number of allylic oxidation sites excluding steroid dienone is 1. The summed E-state index contributed by atoms with van der Waals surface area (Å²) < 4.78 is 9.76. The second kappa shape index (κ2) is 6.71. The van der Waals surface area contributed by atoms with Gasteiger partial charge in [0.05, 0.1) is 14.2 Å². The Labute approximate surface area is 140 Å². The molecule has 2 aromatic carbocycles. The molecule has 3 rings (SSSR count). The summed E-state index contributed by atoms with van der Waals surface area (Å²) >= 11 is 0. The van der Waals surface area contributed by atoms with Gasteiger partial charge in [-0.3, -0.25) is 9.59 Å². The summed E-state index contributed by atoms with van der Waals surface area (Å²) in [6, 6.07) is 17.5. The summed E-state index contributed by atoms with van der Waals surface area (Å²) in [5.41, 5.74) is 3.81. The van der Waals surface area contributed by atoms with Crippen molar-refractivity contribution in [1.29, 1.82) is 0 Å². The van der Waals surface area contributed by atoms with Gasteiger partial charge < -0.3 is 9.47 Å². The van der Waals surface area contributed by atoms with Crippen molar-refractivity contribution in [3.05, 3.63) is 71.3 Å². The largest absolute Gasteiger partial charge is 0.468 e. The molecule has 4 heteroatoms. The Bertz CT molecular complexity index is 776. The number of carbonyl (C=O) groups excluding carboxylic acids is 2. The summed E-state index contributed by atoms with van der Waals surface area (Å²) in [5.74, 6) is -2.64. The monoisotopic (exact) mass is 322 g/mol. The Morgan fingerprint density at radius 1 is 0.875 bits per heavy atom. The number of benzene rings is 2. The molecule has 1 atom stereocenters. The van der Waals surface area contributed by atoms with Gasteiger partial charge in [-0.25, -0.2) is 0 Å². The Hall–Kier alpha value is -2.88. The van der Waals surface area contributed by atoms with E-state index in [1.807, 2.05) is 60.7 Å². The Morgan fingerprint density at radius 2 is 1.46 bits per heavy atom. The lowest BCUT2D eigenvalue weighted by Gasteiger charge is -2.23. The van der Waals surface area contributed by atoms with Crippen LogP contribution in [0.25, 0.3) is 11.6 Å². The summed E-state index contributed by atoms with van der Waals surface area (Å²) in [6.45, 7) is 0. The SMILES string of the molecule is COC(=O)C(C(=O)OC)C1C(c2ccccc2)=Cc2ccccc21. The first-order valence-electron chi connectivity index (χ1n) is 7.69. The molecular formula is C20H18O4. The minimum absolute atomic E-state index is 0.427. The molecular weight excluding hydrogens is 304 g/mol. The van der Waals surface area contributed by atoms with Crippen LogP contribution >= 0.6 is 0 Å². The Balaban J connectivity index is 2.15. The number of ether oxygens (including phenoxy) is 2. The van der Waals surface area contributed by atoms with Crippen LogP contribution in [0.15, 0.2) is 54.6 Å². The van der Waals surface area contributed by atoms with Crippen LogP contribution in [0.4, 0.5) is 0 Å². The van der Waals surface area contributed by atoms with E-state index in [0.29, 0.717) is 0 Å². The van der Waals surface area contributed by atoms with Crippen LogP contribution in [-0.2, 0) is 19.1 Å². The molecule has 1 unspecified atom stereocenters. The molecule has 24 heavy (non-hydrogen) atoms. The van der Waals surface area contributed by atoms with Gasteiger partial charge in [0.15, 0.2) is 5.92 Å². The lowest BCUT2D eigenvalue weighted by Crippen LogP contribution is -2.32. The Kier molecular flexibility index (Phi) is 4.47. The smallest absolute Gasteiger partial charge is 0.321 e. The van der Waals surface area contributed by atoms with Gasteiger partial charge in [-0.05, 0) is 22.3 Å². The molecule has 1 aliphatic carbocycles. The van der Waals surface area contributed by atoms with E-state index in [4.69, 9.17) is 9.47 Å². The topological polar surface area (TPSA) is 52.6 Å². The number of hydrogen-bond acceptors (Lipinski definition) is 4. The minimum Gasteiger partial charge on any atom is -0.468 e. The van der Waals surface area contributed by atoms with Crippen molar-refractivity contribution in [3.63, 3.8) is 0 Å². The van der Waals surface area contributed by atoms with Crippen LogP contribution in [0, 0.1) is 5.92 Å². The van der Waals surface area contributed by atoms with Crippen LogP contribution in [0.3, 0.4) is 0 Å². The quantitative estimate of drug-likeness (QED) is 0.640. The molecule has 4 nitrogen and oxygen atoms in total.